The minimum absolute atomic E-state index is 0.142. The molecule has 2 aromatic carbocycles. The molecule has 0 bridgehead atoms. The zero-order valence-corrected chi connectivity index (χ0v) is 23.4. The van der Waals surface area contributed by atoms with Crippen molar-refractivity contribution in [1.82, 2.24) is 10.2 Å². The normalized spacial score (nSPS) is 12.6. The van der Waals surface area contributed by atoms with Crippen LogP contribution in [0.25, 0.3) is 0 Å². The first-order valence-electron chi connectivity index (χ1n) is 12.0. The van der Waals surface area contributed by atoms with Crippen molar-refractivity contribution in [3.8, 4) is 5.75 Å². The molecule has 0 aliphatic carbocycles. The van der Waals surface area contributed by atoms with Gasteiger partial charge in [-0.05, 0) is 69.9 Å². The van der Waals surface area contributed by atoms with E-state index in [2.05, 4.69) is 5.32 Å². The SMILES string of the molecule is CC[C@H](C(=O)NC(C)(C)C)N(Cc1ccc(OC)cc1)C(=O)CN(c1c(C)cccc1C)S(C)(=O)=O. The number of carbonyl (C=O) groups excluding carboxylic acids is 2. The van der Waals surface area contributed by atoms with Gasteiger partial charge >= 0.3 is 0 Å². The van der Waals surface area contributed by atoms with Gasteiger partial charge in [-0.1, -0.05) is 37.3 Å². The maximum atomic E-state index is 13.8. The van der Waals surface area contributed by atoms with Crippen LogP contribution < -0.4 is 14.4 Å². The van der Waals surface area contributed by atoms with E-state index in [4.69, 9.17) is 4.74 Å². The minimum atomic E-state index is -3.79. The Kier molecular flexibility index (Phi) is 9.54. The molecule has 9 heteroatoms. The smallest absolute Gasteiger partial charge is 0.244 e. The number of rotatable bonds is 10. The first kappa shape index (κ1) is 29.2. The summed E-state index contributed by atoms with van der Waals surface area (Å²) in [5.41, 5.74) is 2.27. The van der Waals surface area contributed by atoms with E-state index in [1.807, 2.05) is 71.9 Å². The number of nitrogens with zero attached hydrogens (tertiary/aromatic N) is 2. The number of hydrogen-bond acceptors (Lipinski definition) is 5. The lowest BCUT2D eigenvalue weighted by atomic mass is 10.1. The fraction of sp³-hybridized carbons (Fsp3) is 0.481. The molecule has 0 unspecified atom stereocenters. The van der Waals surface area contributed by atoms with Crippen molar-refractivity contribution in [3.63, 3.8) is 0 Å². The van der Waals surface area contributed by atoms with Gasteiger partial charge in [0.25, 0.3) is 0 Å². The number of hydrogen-bond donors (Lipinski definition) is 1. The number of amides is 2. The Labute approximate surface area is 215 Å². The predicted molar refractivity (Wildman–Crippen MR) is 144 cm³/mol. The first-order valence-corrected chi connectivity index (χ1v) is 13.8. The van der Waals surface area contributed by atoms with Gasteiger partial charge in [-0.15, -0.1) is 0 Å². The van der Waals surface area contributed by atoms with Gasteiger partial charge in [-0.25, -0.2) is 8.42 Å². The van der Waals surface area contributed by atoms with Crippen molar-refractivity contribution in [2.24, 2.45) is 0 Å². The molecule has 0 radical (unpaired) electrons. The van der Waals surface area contributed by atoms with Crippen LogP contribution in [-0.2, 0) is 26.2 Å². The molecule has 36 heavy (non-hydrogen) atoms. The summed E-state index contributed by atoms with van der Waals surface area (Å²) in [5.74, 6) is -0.0768. The van der Waals surface area contributed by atoms with E-state index < -0.39 is 34.1 Å². The Morgan fingerprint density at radius 1 is 1.03 bits per heavy atom. The van der Waals surface area contributed by atoms with Crippen molar-refractivity contribution in [2.45, 2.75) is 66.1 Å². The fourth-order valence-corrected chi connectivity index (χ4v) is 5.04. The highest BCUT2D eigenvalue weighted by atomic mass is 32.2. The van der Waals surface area contributed by atoms with Crippen LogP contribution in [0.1, 0.15) is 50.8 Å². The zero-order chi connectivity index (χ0) is 27.3. The third kappa shape index (κ3) is 7.71. The van der Waals surface area contributed by atoms with Gasteiger partial charge in [0, 0.05) is 12.1 Å². The lowest BCUT2D eigenvalue weighted by molar-refractivity contribution is -0.141. The van der Waals surface area contributed by atoms with E-state index in [9.17, 15) is 18.0 Å². The van der Waals surface area contributed by atoms with Crippen LogP contribution in [0.15, 0.2) is 42.5 Å². The summed E-state index contributed by atoms with van der Waals surface area (Å²) in [6.45, 7) is 10.8. The topological polar surface area (TPSA) is 96.0 Å². The van der Waals surface area contributed by atoms with Gasteiger partial charge in [0.2, 0.25) is 21.8 Å². The van der Waals surface area contributed by atoms with Crippen LogP contribution >= 0.6 is 0 Å². The molecule has 2 aromatic rings. The second-order valence-corrected chi connectivity index (χ2v) is 11.9. The highest BCUT2D eigenvalue weighted by molar-refractivity contribution is 7.92. The molecular weight excluding hydrogens is 478 g/mol. The third-order valence-electron chi connectivity index (χ3n) is 5.76. The number of ether oxygens (including phenoxy) is 1. The summed E-state index contributed by atoms with van der Waals surface area (Å²) in [4.78, 5) is 28.5. The van der Waals surface area contributed by atoms with Crippen LogP contribution in [0.3, 0.4) is 0 Å². The summed E-state index contributed by atoms with van der Waals surface area (Å²) in [6, 6.07) is 11.9. The van der Waals surface area contributed by atoms with Gasteiger partial charge < -0.3 is 15.0 Å². The zero-order valence-electron chi connectivity index (χ0n) is 22.6. The van der Waals surface area contributed by atoms with Crippen LogP contribution in [0, 0.1) is 13.8 Å². The highest BCUT2D eigenvalue weighted by Gasteiger charge is 2.33. The average Bonchev–Trinajstić information content (AvgIpc) is 2.76. The van der Waals surface area contributed by atoms with Gasteiger partial charge in [-0.2, -0.15) is 0 Å². The maximum absolute atomic E-state index is 13.8. The van der Waals surface area contributed by atoms with Crippen molar-refractivity contribution in [1.29, 1.82) is 0 Å². The molecule has 2 amide bonds. The fourth-order valence-electron chi connectivity index (χ4n) is 4.07. The summed E-state index contributed by atoms with van der Waals surface area (Å²) >= 11 is 0. The minimum Gasteiger partial charge on any atom is -0.497 e. The molecule has 0 aliphatic heterocycles. The Bertz CT molecular complexity index is 1150. The molecule has 8 nitrogen and oxygen atoms in total. The molecule has 2 rings (SSSR count). The van der Waals surface area contributed by atoms with Crippen LogP contribution in [0.4, 0.5) is 5.69 Å². The van der Waals surface area contributed by atoms with Crippen LogP contribution in [0.5, 0.6) is 5.75 Å². The second-order valence-electron chi connectivity index (χ2n) is 10.0. The molecule has 0 aromatic heterocycles. The molecule has 0 aliphatic rings. The quantitative estimate of drug-likeness (QED) is 0.517. The number of methoxy groups -OCH3 is 1. The van der Waals surface area contributed by atoms with Gasteiger partial charge in [0.05, 0.1) is 19.1 Å². The van der Waals surface area contributed by atoms with Crippen molar-refractivity contribution >= 4 is 27.5 Å². The van der Waals surface area contributed by atoms with Crippen molar-refractivity contribution in [2.75, 3.05) is 24.2 Å². The van der Waals surface area contributed by atoms with Gasteiger partial charge in [0.1, 0.15) is 18.3 Å². The number of aryl methyl sites for hydroxylation is 2. The number of carbonyl (C=O) groups is 2. The molecule has 1 atom stereocenters. The Hall–Kier alpha value is -3.07. The van der Waals surface area contributed by atoms with E-state index in [1.165, 1.54) is 4.90 Å². The number of benzene rings is 2. The van der Waals surface area contributed by atoms with E-state index in [-0.39, 0.29) is 12.5 Å². The lowest BCUT2D eigenvalue weighted by Crippen LogP contribution is -2.55. The Morgan fingerprint density at radius 3 is 2.03 bits per heavy atom. The lowest BCUT2D eigenvalue weighted by Gasteiger charge is -2.35. The molecule has 1 N–H and O–H groups in total. The Morgan fingerprint density at radius 2 is 1.58 bits per heavy atom. The molecule has 0 spiro atoms. The predicted octanol–water partition coefficient (Wildman–Crippen LogP) is 3.80. The monoisotopic (exact) mass is 517 g/mol. The molecular formula is C27H39N3O5S. The number of para-hydroxylation sites is 1. The van der Waals surface area contributed by atoms with Crippen molar-refractivity contribution in [3.05, 3.63) is 59.2 Å². The number of sulfonamides is 1. The second kappa shape index (κ2) is 11.8. The summed E-state index contributed by atoms with van der Waals surface area (Å²) < 4.78 is 32.1. The first-order chi connectivity index (χ1) is 16.7. The van der Waals surface area contributed by atoms with E-state index in [1.54, 1.807) is 19.2 Å². The van der Waals surface area contributed by atoms with E-state index in [0.717, 1.165) is 27.3 Å². The maximum Gasteiger partial charge on any atom is 0.244 e. The number of nitrogens with one attached hydrogen (secondary N) is 1. The third-order valence-corrected chi connectivity index (χ3v) is 6.88. The molecule has 0 saturated carbocycles. The van der Waals surface area contributed by atoms with Gasteiger partial charge in [0.15, 0.2) is 0 Å². The van der Waals surface area contributed by atoms with E-state index >= 15 is 0 Å². The summed E-state index contributed by atoms with van der Waals surface area (Å²) in [5, 5.41) is 2.96. The van der Waals surface area contributed by atoms with E-state index in [0.29, 0.717) is 17.9 Å². The molecule has 0 fully saturated rings. The summed E-state index contributed by atoms with van der Waals surface area (Å²) in [7, 11) is -2.21. The summed E-state index contributed by atoms with van der Waals surface area (Å²) in [6.07, 6.45) is 1.45. The highest BCUT2D eigenvalue weighted by Crippen LogP contribution is 2.27. The van der Waals surface area contributed by atoms with Gasteiger partial charge in [-0.3, -0.25) is 13.9 Å². The standard InChI is InChI=1S/C27H39N3O5S/c1-9-23(26(32)28-27(4,5)6)29(17-21-13-15-22(35-7)16-14-21)24(31)18-30(36(8,33)34)25-19(2)11-10-12-20(25)3/h10-16,23H,9,17-18H2,1-8H3,(H,28,32)/t23-/m1/s1. The molecule has 198 valence electrons. The average molecular weight is 518 g/mol. The Balaban J connectivity index is 2.51. The molecule has 0 heterocycles. The number of anilines is 1. The largest absolute Gasteiger partial charge is 0.497 e. The van der Waals surface area contributed by atoms with Crippen molar-refractivity contribution < 1.29 is 22.7 Å². The molecule has 0 saturated heterocycles. The van der Waals surface area contributed by atoms with Crippen LogP contribution in [-0.4, -0.2) is 56.6 Å². The van der Waals surface area contributed by atoms with Crippen LogP contribution in [0.2, 0.25) is 0 Å².